The van der Waals surface area contributed by atoms with Crippen LogP contribution in [0, 0.1) is 0 Å². The average molecular weight is 206 g/mol. The van der Waals surface area contributed by atoms with E-state index in [1.54, 1.807) is 6.07 Å². The van der Waals surface area contributed by atoms with Gasteiger partial charge >= 0.3 is 5.97 Å². The van der Waals surface area contributed by atoms with Crippen molar-refractivity contribution in [3.05, 3.63) is 29.3 Å². The first-order valence-corrected chi connectivity index (χ1v) is 4.69. The van der Waals surface area contributed by atoms with Gasteiger partial charge in [-0.25, -0.2) is 4.79 Å². The number of carboxylic acids is 1. The lowest BCUT2D eigenvalue weighted by Gasteiger charge is -2.06. The van der Waals surface area contributed by atoms with Crippen LogP contribution in [0.15, 0.2) is 18.2 Å². The monoisotopic (exact) mass is 206 g/mol. The highest BCUT2D eigenvalue weighted by Gasteiger charge is 2.24. The molecule has 1 fully saturated rings. The van der Waals surface area contributed by atoms with Gasteiger partial charge in [-0.3, -0.25) is 4.79 Å². The summed E-state index contributed by atoms with van der Waals surface area (Å²) in [6.07, 6.45) is 2.79. The van der Waals surface area contributed by atoms with E-state index in [2.05, 4.69) is 0 Å². The maximum Gasteiger partial charge on any atom is 0.335 e. The van der Waals surface area contributed by atoms with Gasteiger partial charge in [0.15, 0.2) is 0 Å². The third-order valence-corrected chi connectivity index (χ3v) is 2.14. The number of ether oxygens (including phenoxy) is 1. The Balaban J connectivity index is 2.31. The highest BCUT2D eigenvalue weighted by atomic mass is 16.5. The summed E-state index contributed by atoms with van der Waals surface area (Å²) in [4.78, 5) is 21.3. The number of aldehydes is 1. The molecule has 0 radical (unpaired) electrons. The summed E-state index contributed by atoms with van der Waals surface area (Å²) in [6, 6.07) is 4.32. The van der Waals surface area contributed by atoms with E-state index in [4.69, 9.17) is 9.84 Å². The van der Waals surface area contributed by atoms with Crippen molar-refractivity contribution in [1.82, 2.24) is 0 Å². The Morgan fingerprint density at radius 2 is 2.13 bits per heavy atom. The van der Waals surface area contributed by atoms with Crippen molar-refractivity contribution in [3.8, 4) is 5.75 Å². The molecule has 0 spiro atoms. The minimum absolute atomic E-state index is 0.0789. The fourth-order valence-electron chi connectivity index (χ4n) is 1.26. The van der Waals surface area contributed by atoms with Gasteiger partial charge in [-0.15, -0.1) is 0 Å². The summed E-state index contributed by atoms with van der Waals surface area (Å²) in [5.74, 6) is -0.598. The molecule has 0 atom stereocenters. The topological polar surface area (TPSA) is 63.6 Å². The van der Waals surface area contributed by atoms with Gasteiger partial charge < -0.3 is 9.84 Å². The van der Waals surface area contributed by atoms with Crippen LogP contribution in [-0.2, 0) is 0 Å². The fraction of sp³-hybridized carbons (Fsp3) is 0.273. The van der Waals surface area contributed by atoms with Crippen LogP contribution in [-0.4, -0.2) is 23.5 Å². The molecule has 4 heteroatoms. The van der Waals surface area contributed by atoms with E-state index in [1.807, 2.05) is 0 Å². The lowest BCUT2D eigenvalue weighted by atomic mass is 10.1. The summed E-state index contributed by atoms with van der Waals surface area (Å²) >= 11 is 0. The minimum Gasteiger partial charge on any atom is -0.490 e. The summed E-state index contributed by atoms with van der Waals surface area (Å²) in [5, 5.41) is 8.81. The van der Waals surface area contributed by atoms with E-state index >= 15 is 0 Å². The number of benzene rings is 1. The molecule has 1 aromatic carbocycles. The van der Waals surface area contributed by atoms with Crippen molar-refractivity contribution in [2.24, 2.45) is 0 Å². The smallest absolute Gasteiger partial charge is 0.335 e. The van der Waals surface area contributed by atoms with Gasteiger partial charge in [-0.2, -0.15) is 0 Å². The molecular weight excluding hydrogens is 196 g/mol. The predicted molar refractivity (Wildman–Crippen MR) is 52.4 cm³/mol. The Labute approximate surface area is 86.5 Å². The fourth-order valence-corrected chi connectivity index (χ4v) is 1.26. The minimum atomic E-state index is -1.06. The Morgan fingerprint density at radius 3 is 2.67 bits per heavy atom. The lowest BCUT2D eigenvalue weighted by Crippen LogP contribution is -2.01. The first kappa shape index (κ1) is 9.71. The Bertz CT molecular complexity index is 407. The van der Waals surface area contributed by atoms with E-state index < -0.39 is 5.97 Å². The summed E-state index contributed by atoms with van der Waals surface area (Å²) < 4.78 is 5.44. The van der Waals surface area contributed by atoms with Crippen molar-refractivity contribution in [2.45, 2.75) is 18.9 Å². The Kier molecular flexibility index (Phi) is 2.41. The largest absolute Gasteiger partial charge is 0.490 e. The predicted octanol–water partition coefficient (Wildman–Crippen LogP) is 1.74. The first-order chi connectivity index (χ1) is 7.19. The number of hydrogen-bond donors (Lipinski definition) is 1. The average Bonchev–Trinajstić information content (AvgIpc) is 3.01. The highest BCUT2D eigenvalue weighted by molar-refractivity contribution is 5.90. The van der Waals surface area contributed by atoms with E-state index in [9.17, 15) is 9.59 Å². The molecule has 1 aliphatic rings. The van der Waals surface area contributed by atoms with Crippen molar-refractivity contribution in [3.63, 3.8) is 0 Å². The molecule has 0 amide bonds. The van der Waals surface area contributed by atoms with Crippen LogP contribution in [0.4, 0.5) is 0 Å². The zero-order valence-corrected chi connectivity index (χ0v) is 7.97. The molecule has 1 aliphatic carbocycles. The van der Waals surface area contributed by atoms with E-state index in [0.717, 1.165) is 12.8 Å². The molecule has 0 aliphatic heterocycles. The first-order valence-electron chi connectivity index (χ1n) is 4.69. The maximum atomic E-state index is 10.8. The third kappa shape index (κ3) is 2.34. The second kappa shape index (κ2) is 3.73. The number of carboxylic acid groups (broad SMARTS) is 1. The van der Waals surface area contributed by atoms with Gasteiger partial charge in [0.25, 0.3) is 0 Å². The molecular formula is C11H10O4. The normalized spacial score (nSPS) is 14.7. The second-order valence-corrected chi connectivity index (χ2v) is 3.53. The van der Waals surface area contributed by atoms with E-state index in [-0.39, 0.29) is 11.7 Å². The zero-order valence-electron chi connectivity index (χ0n) is 7.97. The summed E-state index contributed by atoms with van der Waals surface area (Å²) in [5.41, 5.74) is 0.404. The molecule has 0 heterocycles. The van der Waals surface area contributed by atoms with E-state index in [1.165, 1.54) is 12.1 Å². The van der Waals surface area contributed by atoms with Crippen LogP contribution in [0.25, 0.3) is 0 Å². The zero-order chi connectivity index (χ0) is 10.8. The molecule has 1 N–H and O–H groups in total. The molecule has 2 rings (SSSR count). The van der Waals surface area contributed by atoms with Crippen molar-refractivity contribution in [2.75, 3.05) is 0 Å². The van der Waals surface area contributed by atoms with Crippen molar-refractivity contribution >= 4 is 12.3 Å². The van der Waals surface area contributed by atoms with Gasteiger partial charge in [0.1, 0.15) is 12.0 Å². The standard InChI is InChI=1S/C11H10O4/c12-6-7-3-8(11(13)14)5-10(4-7)15-9-1-2-9/h3-6,9H,1-2H2,(H,13,14). The molecule has 78 valence electrons. The molecule has 0 aromatic heterocycles. The second-order valence-electron chi connectivity index (χ2n) is 3.53. The molecule has 1 saturated carbocycles. The van der Waals surface area contributed by atoms with Crippen molar-refractivity contribution in [1.29, 1.82) is 0 Å². The lowest BCUT2D eigenvalue weighted by molar-refractivity contribution is 0.0696. The maximum absolute atomic E-state index is 10.8. The highest BCUT2D eigenvalue weighted by Crippen LogP contribution is 2.27. The number of carbonyl (C=O) groups excluding carboxylic acids is 1. The number of rotatable bonds is 4. The van der Waals surface area contributed by atoms with Gasteiger partial charge in [0.05, 0.1) is 11.7 Å². The van der Waals surface area contributed by atoms with Crippen LogP contribution in [0.2, 0.25) is 0 Å². The number of aromatic carboxylic acids is 1. The van der Waals surface area contributed by atoms with Crippen LogP contribution in [0.1, 0.15) is 33.6 Å². The Hall–Kier alpha value is -1.84. The van der Waals surface area contributed by atoms with Gasteiger partial charge in [-0.05, 0) is 31.0 Å². The third-order valence-electron chi connectivity index (χ3n) is 2.14. The van der Waals surface area contributed by atoms with Crippen LogP contribution < -0.4 is 4.74 Å². The summed E-state index contributed by atoms with van der Waals surface area (Å²) in [7, 11) is 0. The molecule has 0 saturated heterocycles. The van der Waals surface area contributed by atoms with Gasteiger partial charge in [0.2, 0.25) is 0 Å². The van der Waals surface area contributed by atoms with Gasteiger partial charge in [-0.1, -0.05) is 0 Å². The van der Waals surface area contributed by atoms with E-state index in [0.29, 0.717) is 17.6 Å². The molecule has 0 unspecified atom stereocenters. The number of hydrogen-bond acceptors (Lipinski definition) is 3. The molecule has 0 bridgehead atoms. The Morgan fingerprint density at radius 1 is 1.40 bits per heavy atom. The molecule has 1 aromatic rings. The van der Waals surface area contributed by atoms with Crippen LogP contribution in [0.5, 0.6) is 5.75 Å². The molecule has 4 nitrogen and oxygen atoms in total. The van der Waals surface area contributed by atoms with Crippen LogP contribution in [0.3, 0.4) is 0 Å². The van der Waals surface area contributed by atoms with Crippen molar-refractivity contribution < 1.29 is 19.4 Å². The SMILES string of the molecule is O=Cc1cc(OC2CC2)cc(C(=O)O)c1. The van der Waals surface area contributed by atoms with Gasteiger partial charge in [0, 0.05) is 5.56 Å². The molecule has 15 heavy (non-hydrogen) atoms. The number of carbonyl (C=O) groups is 2. The summed E-state index contributed by atoms with van der Waals surface area (Å²) in [6.45, 7) is 0. The van der Waals surface area contributed by atoms with Crippen LogP contribution >= 0.6 is 0 Å². The quantitative estimate of drug-likeness (QED) is 0.762.